The van der Waals surface area contributed by atoms with Crippen LogP contribution in [-0.4, -0.2) is 22.3 Å². The van der Waals surface area contributed by atoms with E-state index >= 15 is 0 Å². The van der Waals surface area contributed by atoms with Crippen LogP contribution in [0.1, 0.15) is 38.2 Å². The lowest BCUT2D eigenvalue weighted by Gasteiger charge is -2.18. The molecule has 1 amide bonds. The van der Waals surface area contributed by atoms with Gasteiger partial charge in [0.2, 0.25) is 0 Å². The number of phenols is 2. The third-order valence-corrected chi connectivity index (χ3v) is 5.40. The molecule has 0 saturated carbocycles. The summed E-state index contributed by atoms with van der Waals surface area (Å²) in [5.41, 5.74) is 9.59. The predicted octanol–water partition coefficient (Wildman–Crippen LogP) is 4.00. The zero-order valence-corrected chi connectivity index (χ0v) is 16.9. The summed E-state index contributed by atoms with van der Waals surface area (Å²) in [5.74, 6) is -0.497. The lowest BCUT2D eigenvalue weighted by atomic mass is 10.0. The number of aryl methyl sites for hydroxylation is 2. The van der Waals surface area contributed by atoms with E-state index < -0.39 is 0 Å². The summed E-state index contributed by atoms with van der Waals surface area (Å²) in [4.78, 5) is 14.8. The molecule has 0 radical (unpaired) electrons. The molecule has 0 bridgehead atoms. The molecule has 3 aromatic rings. The molecule has 0 unspecified atom stereocenters. The largest absolute Gasteiger partial charge is 0.508 e. The Morgan fingerprint density at radius 3 is 2.37 bits per heavy atom. The van der Waals surface area contributed by atoms with Gasteiger partial charge in [-0.2, -0.15) is 5.10 Å². The number of amides is 1. The Morgan fingerprint density at radius 2 is 1.70 bits per heavy atom. The van der Waals surface area contributed by atoms with E-state index in [9.17, 15) is 15.0 Å². The molecule has 3 N–H and O–H groups in total. The Bertz CT molecular complexity index is 1120. The number of benzene rings is 3. The van der Waals surface area contributed by atoms with Crippen molar-refractivity contribution < 1.29 is 15.0 Å². The smallest absolute Gasteiger partial charge is 0.271 e. The Kier molecular flexibility index (Phi) is 5.14. The molecule has 0 atom stereocenters. The van der Waals surface area contributed by atoms with Crippen molar-refractivity contribution in [2.24, 2.45) is 5.10 Å². The Balaban J connectivity index is 1.45. The number of nitrogens with one attached hydrogen (secondary N) is 1. The summed E-state index contributed by atoms with van der Waals surface area (Å²) in [7, 11) is 0. The summed E-state index contributed by atoms with van der Waals surface area (Å²) >= 11 is 0. The maximum atomic E-state index is 12.5. The van der Waals surface area contributed by atoms with Gasteiger partial charge in [-0.1, -0.05) is 18.2 Å². The van der Waals surface area contributed by atoms with E-state index in [1.807, 2.05) is 18.2 Å². The lowest BCUT2D eigenvalue weighted by molar-refractivity contribution is 0.0955. The third kappa shape index (κ3) is 3.98. The third-order valence-electron chi connectivity index (χ3n) is 5.40. The topological polar surface area (TPSA) is 85.2 Å². The van der Waals surface area contributed by atoms with Gasteiger partial charge in [-0.3, -0.25) is 4.79 Å². The first kappa shape index (κ1) is 19.5. The molecule has 4 rings (SSSR count). The molecule has 6 heteroatoms. The number of carbonyl (C=O) groups excluding carboxylic acids is 1. The number of hydrazone groups is 1. The van der Waals surface area contributed by atoms with Crippen LogP contribution < -0.4 is 10.3 Å². The van der Waals surface area contributed by atoms with Crippen molar-refractivity contribution >= 4 is 17.8 Å². The monoisotopic (exact) mass is 401 g/mol. The van der Waals surface area contributed by atoms with Gasteiger partial charge >= 0.3 is 0 Å². The minimum absolute atomic E-state index is 0.0418. The average molecular weight is 401 g/mol. The van der Waals surface area contributed by atoms with Crippen molar-refractivity contribution in [3.63, 3.8) is 0 Å². The maximum Gasteiger partial charge on any atom is 0.271 e. The van der Waals surface area contributed by atoms with Gasteiger partial charge < -0.3 is 15.1 Å². The van der Waals surface area contributed by atoms with Gasteiger partial charge in [-0.15, -0.1) is 0 Å². The minimum Gasteiger partial charge on any atom is -0.508 e. The van der Waals surface area contributed by atoms with Crippen LogP contribution in [0.15, 0.2) is 59.7 Å². The van der Waals surface area contributed by atoms with Crippen LogP contribution in [0.2, 0.25) is 0 Å². The van der Waals surface area contributed by atoms with Crippen LogP contribution in [-0.2, 0) is 13.1 Å². The van der Waals surface area contributed by atoms with Crippen LogP contribution in [0, 0.1) is 13.8 Å². The Hall–Kier alpha value is -3.80. The van der Waals surface area contributed by atoms with Gasteiger partial charge in [-0.05, 0) is 66.4 Å². The first-order valence-corrected chi connectivity index (χ1v) is 9.70. The molecule has 0 fully saturated rings. The maximum absolute atomic E-state index is 12.5. The van der Waals surface area contributed by atoms with Gasteiger partial charge in [0.15, 0.2) is 0 Å². The van der Waals surface area contributed by atoms with Crippen molar-refractivity contribution in [1.29, 1.82) is 0 Å². The highest BCUT2D eigenvalue weighted by Gasteiger charge is 2.20. The number of rotatable bonds is 4. The fraction of sp³-hybridized carbons (Fsp3) is 0.167. The van der Waals surface area contributed by atoms with Crippen LogP contribution in [0.4, 0.5) is 5.69 Å². The molecule has 1 heterocycles. The fourth-order valence-corrected chi connectivity index (χ4v) is 3.59. The van der Waals surface area contributed by atoms with Crippen molar-refractivity contribution in [2.45, 2.75) is 26.9 Å². The van der Waals surface area contributed by atoms with Gasteiger partial charge in [0.1, 0.15) is 11.5 Å². The number of hydrogen-bond donors (Lipinski definition) is 3. The van der Waals surface area contributed by atoms with E-state index in [0.29, 0.717) is 11.1 Å². The second-order valence-electron chi connectivity index (χ2n) is 7.55. The highest BCUT2D eigenvalue weighted by Crippen LogP contribution is 2.30. The van der Waals surface area contributed by atoms with E-state index in [2.05, 4.69) is 41.4 Å². The SMILES string of the molecule is Cc1cc2c(cc1C)CN(c1cccc(C(=O)N/N=C\c3ccc(O)cc3O)c1)C2. The number of carbonyl (C=O) groups is 1. The quantitative estimate of drug-likeness (QED) is 0.456. The second-order valence-corrected chi connectivity index (χ2v) is 7.55. The average Bonchev–Trinajstić information content (AvgIpc) is 3.12. The number of nitrogens with zero attached hydrogens (tertiary/aromatic N) is 2. The molecule has 6 nitrogen and oxygen atoms in total. The number of anilines is 1. The van der Waals surface area contributed by atoms with Crippen LogP contribution in [0.5, 0.6) is 11.5 Å². The zero-order chi connectivity index (χ0) is 21.3. The van der Waals surface area contributed by atoms with Gasteiger partial charge in [0.05, 0.1) is 6.21 Å². The molecular weight excluding hydrogens is 378 g/mol. The Labute approximate surface area is 175 Å². The van der Waals surface area contributed by atoms with Crippen molar-refractivity contribution in [3.05, 3.63) is 88.0 Å². The van der Waals surface area contributed by atoms with Crippen LogP contribution in [0.3, 0.4) is 0 Å². The predicted molar refractivity (Wildman–Crippen MR) is 117 cm³/mol. The first-order chi connectivity index (χ1) is 14.4. The van der Waals surface area contributed by atoms with Gasteiger partial charge in [0.25, 0.3) is 5.91 Å². The van der Waals surface area contributed by atoms with E-state index in [0.717, 1.165) is 18.8 Å². The highest BCUT2D eigenvalue weighted by atomic mass is 16.3. The van der Waals surface area contributed by atoms with Crippen LogP contribution >= 0.6 is 0 Å². The molecule has 3 aromatic carbocycles. The first-order valence-electron chi connectivity index (χ1n) is 9.70. The molecule has 1 aliphatic heterocycles. The van der Waals surface area contributed by atoms with Crippen molar-refractivity contribution in [1.82, 2.24) is 5.43 Å². The molecule has 1 aliphatic rings. The lowest BCUT2D eigenvalue weighted by Crippen LogP contribution is -2.19. The molecule has 0 aromatic heterocycles. The standard InChI is InChI=1S/C24H23N3O3/c1-15-8-19-13-27(14-20(19)9-16(15)2)21-5-3-4-17(10-21)24(30)26-25-12-18-6-7-22(28)11-23(18)29/h3-12,28-29H,13-14H2,1-2H3,(H,26,30)/b25-12-. The van der Waals surface area contributed by atoms with Gasteiger partial charge in [0, 0.05) is 36.0 Å². The number of phenolic OH excluding ortho intramolecular Hbond substituents is 2. The molecule has 0 spiro atoms. The zero-order valence-electron chi connectivity index (χ0n) is 16.9. The van der Waals surface area contributed by atoms with Crippen LogP contribution in [0.25, 0.3) is 0 Å². The molecule has 0 saturated heterocycles. The molecule has 30 heavy (non-hydrogen) atoms. The fourth-order valence-electron chi connectivity index (χ4n) is 3.59. The Morgan fingerprint density at radius 1 is 1.00 bits per heavy atom. The summed E-state index contributed by atoms with van der Waals surface area (Å²) in [5, 5.41) is 23.0. The number of hydrogen-bond acceptors (Lipinski definition) is 5. The minimum atomic E-state index is -0.338. The summed E-state index contributed by atoms with van der Waals surface area (Å²) in [6, 6.07) is 16.1. The number of fused-ring (bicyclic) bond motifs is 1. The molecule has 152 valence electrons. The van der Waals surface area contributed by atoms with Gasteiger partial charge in [-0.25, -0.2) is 5.43 Å². The van der Waals surface area contributed by atoms with E-state index in [-0.39, 0.29) is 17.4 Å². The van der Waals surface area contributed by atoms with E-state index in [1.165, 1.54) is 46.7 Å². The second kappa shape index (κ2) is 7.91. The normalized spacial score (nSPS) is 12.9. The summed E-state index contributed by atoms with van der Waals surface area (Å²) in [6.45, 7) is 5.89. The van der Waals surface area contributed by atoms with Crippen molar-refractivity contribution in [2.75, 3.05) is 4.90 Å². The van der Waals surface area contributed by atoms with Crippen molar-refractivity contribution in [3.8, 4) is 11.5 Å². The highest BCUT2D eigenvalue weighted by molar-refractivity contribution is 5.96. The van der Waals surface area contributed by atoms with E-state index in [1.54, 1.807) is 6.07 Å². The number of aromatic hydroxyl groups is 2. The molecular formula is C24H23N3O3. The molecule has 0 aliphatic carbocycles. The summed E-state index contributed by atoms with van der Waals surface area (Å²) in [6.07, 6.45) is 1.33. The van der Waals surface area contributed by atoms with E-state index in [4.69, 9.17) is 0 Å². The summed E-state index contributed by atoms with van der Waals surface area (Å²) < 4.78 is 0.